The van der Waals surface area contributed by atoms with Gasteiger partial charge in [0.05, 0.1) is 6.61 Å². The second-order valence-corrected chi connectivity index (χ2v) is 5.00. The van der Waals surface area contributed by atoms with Crippen LogP contribution in [-0.4, -0.2) is 55.0 Å². The van der Waals surface area contributed by atoms with Gasteiger partial charge in [-0.2, -0.15) is 0 Å². The van der Waals surface area contributed by atoms with E-state index in [2.05, 4.69) is 4.90 Å². The maximum Gasteiger partial charge on any atom is 0.219 e. The Kier molecular flexibility index (Phi) is 5.35. The molecule has 1 aliphatic heterocycles. The van der Waals surface area contributed by atoms with Gasteiger partial charge in [0.1, 0.15) is 11.6 Å². The maximum atomic E-state index is 12.7. The van der Waals surface area contributed by atoms with E-state index in [1.54, 1.807) is 19.1 Å². The molecule has 0 radical (unpaired) electrons. The van der Waals surface area contributed by atoms with Gasteiger partial charge < -0.3 is 9.64 Å². The molecule has 0 bridgehead atoms. The van der Waals surface area contributed by atoms with Crippen molar-refractivity contribution in [2.24, 2.45) is 0 Å². The number of benzene rings is 1. The number of hydrogen-bond acceptors (Lipinski definition) is 3. The molecule has 20 heavy (non-hydrogen) atoms. The highest BCUT2D eigenvalue weighted by Crippen LogP contribution is 2.11. The highest BCUT2D eigenvalue weighted by molar-refractivity contribution is 5.73. The molecule has 0 saturated carbocycles. The number of amides is 1. The Balaban J connectivity index is 1.60. The zero-order valence-electron chi connectivity index (χ0n) is 11.8. The fraction of sp³-hybridized carbons (Fsp3) is 0.533. The Labute approximate surface area is 119 Å². The molecule has 0 unspecified atom stereocenters. The lowest BCUT2D eigenvalue weighted by atomic mass is 10.3. The van der Waals surface area contributed by atoms with Crippen molar-refractivity contribution < 1.29 is 13.9 Å². The van der Waals surface area contributed by atoms with Gasteiger partial charge in [-0.3, -0.25) is 9.69 Å². The Morgan fingerprint density at radius 3 is 2.45 bits per heavy atom. The molecule has 0 aliphatic carbocycles. The SMILES string of the molecule is CC(=O)N1CCN(CCCOc2ccc(F)cc2)CC1. The highest BCUT2D eigenvalue weighted by Gasteiger charge is 2.17. The summed E-state index contributed by atoms with van der Waals surface area (Å²) in [5.41, 5.74) is 0. The minimum Gasteiger partial charge on any atom is -0.494 e. The summed E-state index contributed by atoms with van der Waals surface area (Å²) in [5.74, 6) is 0.609. The molecule has 1 aromatic rings. The molecule has 110 valence electrons. The van der Waals surface area contributed by atoms with Gasteiger partial charge in [0.25, 0.3) is 0 Å². The minimum absolute atomic E-state index is 0.157. The molecular formula is C15H21FN2O2. The van der Waals surface area contributed by atoms with E-state index in [0.717, 1.165) is 39.1 Å². The topological polar surface area (TPSA) is 32.8 Å². The molecule has 5 heteroatoms. The van der Waals surface area contributed by atoms with Crippen LogP contribution >= 0.6 is 0 Å². The van der Waals surface area contributed by atoms with Gasteiger partial charge in [-0.1, -0.05) is 0 Å². The van der Waals surface area contributed by atoms with E-state index in [9.17, 15) is 9.18 Å². The van der Waals surface area contributed by atoms with E-state index < -0.39 is 0 Å². The summed E-state index contributed by atoms with van der Waals surface area (Å²) in [4.78, 5) is 15.4. The molecule has 1 saturated heterocycles. The van der Waals surface area contributed by atoms with Crippen LogP contribution in [0.4, 0.5) is 4.39 Å². The molecule has 1 aromatic carbocycles. The summed E-state index contributed by atoms with van der Waals surface area (Å²) in [6.45, 7) is 6.69. The van der Waals surface area contributed by atoms with Crippen molar-refractivity contribution in [3.63, 3.8) is 0 Å². The molecule has 1 fully saturated rings. The Morgan fingerprint density at radius 2 is 1.85 bits per heavy atom. The average Bonchev–Trinajstić information content (AvgIpc) is 2.46. The van der Waals surface area contributed by atoms with Gasteiger partial charge >= 0.3 is 0 Å². The lowest BCUT2D eigenvalue weighted by Crippen LogP contribution is -2.48. The number of halogens is 1. The van der Waals surface area contributed by atoms with Crippen molar-refractivity contribution >= 4 is 5.91 Å². The number of carbonyl (C=O) groups excluding carboxylic acids is 1. The molecule has 1 heterocycles. The van der Waals surface area contributed by atoms with Gasteiger partial charge in [0.15, 0.2) is 0 Å². The highest BCUT2D eigenvalue weighted by atomic mass is 19.1. The largest absolute Gasteiger partial charge is 0.494 e. The number of rotatable bonds is 5. The number of hydrogen-bond donors (Lipinski definition) is 0. The van der Waals surface area contributed by atoms with Crippen LogP contribution in [0.15, 0.2) is 24.3 Å². The first-order valence-electron chi connectivity index (χ1n) is 7.01. The number of ether oxygens (including phenoxy) is 1. The zero-order valence-corrected chi connectivity index (χ0v) is 11.8. The van der Waals surface area contributed by atoms with Crippen LogP contribution in [0.2, 0.25) is 0 Å². The van der Waals surface area contributed by atoms with Crippen LogP contribution in [0.5, 0.6) is 5.75 Å². The van der Waals surface area contributed by atoms with Crippen LogP contribution in [0, 0.1) is 5.82 Å². The van der Waals surface area contributed by atoms with Gasteiger partial charge in [-0.15, -0.1) is 0 Å². The van der Waals surface area contributed by atoms with Crippen LogP contribution in [-0.2, 0) is 4.79 Å². The number of carbonyl (C=O) groups is 1. The normalized spacial score (nSPS) is 16.2. The predicted octanol–water partition coefficient (Wildman–Crippen LogP) is 1.76. The van der Waals surface area contributed by atoms with E-state index in [-0.39, 0.29) is 11.7 Å². The molecule has 0 N–H and O–H groups in total. The quantitative estimate of drug-likeness (QED) is 0.771. The van der Waals surface area contributed by atoms with E-state index in [1.165, 1.54) is 12.1 Å². The first kappa shape index (κ1) is 14.8. The van der Waals surface area contributed by atoms with Crippen LogP contribution in [0.1, 0.15) is 13.3 Å². The summed E-state index contributed by atoms with van der Waals surface area (Å²) in [7, 11) is 0. The molecular weight excluding hydrogens is 259 g/mol. The third-order valence-corrected chi connectivity index (χ3v) is 3.52. The van der Waals surface area contributed by atoms with E-state index >= 15 is 0 Å². The van der Waals surface area contributed by atoms with Gasteiger partial charge in [-0.25, -0.2) is 4.39 Å². The van der Waals surface area contributed by atoms with E-state index in [4.69, 9.17) is 4.74 Å². The first-order chi connectivity index (χ1) is 9.65. The van der Waals surface area contributed by atoms with E-state index in [0.29, 0.717) is 12.4 Å². The second kappa shape index (κ2) is 7.24. The zero-order chi connectivity index (χ0) is 14.4. The average molecular weight is 280 g/mol. The molecule has 0 atom stereocenters. The van der Waals surface area contributed by atoms with Crippen molar-refractivity contribution in [2.75, 3.05) is 39.3 Å². The Bertz CT molecular complexity index is 428. The molecule has 0 aromatic heterocycles. The Hall–Kier alpha value is -1.62. The van der Waals surface area contributed by atoms with Crippen molar-refractivity contribution in [1.29, 1.82) is 0 Å². The van der Waals surface area contributed by atoms with Crippen molar-refractivity contribution in [3.8, 4) is 5.75 Å². The van der Waals surface area contributed by atoms with Gasteiger partial charge in [0.2, 0.25) is 5.91 Å². The number of piperazine rings is 1. The van der Waals surface area contributed by atoms with Crippen LogP contribution < -0.4 is 4.74 Å². The molecule has 2 rings (SSSR count). The monoisotopic (exact) mass is 280 g/mol. The maximum absolute atomic E-state index is 12.7. The standard InChI is InChI=1S/C15H21FN2O2/c1-13(19)18-10-8-17(9-11-18)7-2-12-20-15-5-3-14(16)4-6-15/h3-6H,2,7-12H2,1H3. The summed E-state index contributed by atoms with van der Waals surface area (Å²) in [6, 6.07) is 6.08. The van der Waals surface area contributed by atoms with E-state index in [1.807, 2.05) is 4.90 Å². The predicted molar refractivity (Wildman–Crippen MR) is 75.2 cm³/mol. The van der Waals surface area contributed by atoms with Crippen molar-refractivity contribution in [1.82, 2.24) is 9.80 Å². The third kappa shape index (κ3) is 4.49. The van der Waals surface area contributed by atoms with Crippen LogP contribution in [0.25, 0.3) is 0 Å². The van der Waals surface area contributed by atoms with Crippen molar-refractivity contribution in [3.05, 3.63) is 30.1 Å². The molecule has 4 nitrogen and oxygen atoms in total. The first-order valence-corrected chi connectivity index (χ1v) is 7.01. The lowest BCUT2D eigenvalue weighted by molar-refractivity contribution is -0.130. The molecule has 1 amide bonds. The van der Waals surface area contributed by atoms with Crippen LogP contribution in [0.3, 0.4) is 0 Å². The second-order valence-electron chi connectivity index (χ2n) is 5.00. The summed E-state index contributed by atoms with van der Waals surface area (Å²) < 4.78 is 18.3. The molecule has 0 spiro atoms. The minimum atomic E-state index is -0.249. The smallest absolute Gasteiger partial charge is 0.219 e. The Morgan fingerprint density at radius 1 is 1.20 bits per heavy atom. The summed E-state index contributed by atoms with van der Waals surface area (Å²) >= 11 is 0. The third-order valence-electron chi connectivity index (χ3n) is 3.52. The van der Waals surface area contributed by atoms with Crippen molar-refractivity contribution in [2.45, 2.75) is 13.3 Å². The van der Waals surface area contributed by atoms with Gasteiger partial charge in [-0.05, 0) is 30.7 Å². The summed E-state index contributed by atoms with van der Waals surface area (Å²) in [5, 5.41) is 0. The summed E-state index contributed by atoms with van der Waals surface area (Å²) in [6.07, 6.45) is 0.928. The fourth-order valence-electron chi connectivity index (χ4n) is 2.30. The lowest BCUT2D eigenvalue weighted by Gasteiger charge is -2.34. The number of nitrogens with zero attached hydrogens (tertiary/aromatic N) is 2. The fourth-order valence-corrected chi connectivity index (χ4v) is 2.30. The van der Waals surface area contributed by atoms with Gasteiger partial charge in [0, 0.05) is 39.6 Å². The molecule has 1 aliphatic rings.